The molecule has 748 valence electrons. The Hall–Kier alpha value is -11.7. The van der Waals surface area contributed by atoms with Gasteiger partial charge in [-0.1, -0.05) is 24.6 Å². The van der Waals surface area contributed by atoms with Gasteiger partial charge in [-0.25, -0.2) is 24.4 Å². The van der Waals surface area contributed by atoms with Crippen LogP contribution >= 0.6 is 0 Å². The van der Waals surface area contributed by atoms with Crippen LogP contribution in [0.4, 0.5) is 4.39 Å². The largest absolute Gasteiger partial charge is 0.490 e. The third-order valence-corrected chi connectivity index (χ3v) is 25.3. The third-order valence-electron chi connectivity index (χ3n) is 25.3. The predicted octanol–water partition coefficient (Wildman–Crippen LogP) is 18.4. The van der Waals surface area contributed by atoms with Crippen molar-refractivity contribution >= 4 is 52.2 Å². The Kier molecular flexibility index (Phi) is 44.0. The van der Waals surface area contributed by atoms with Crippen molar-refractivity contribution in [3.05, 3.63) is 204 Å². The molecule has 1 aliphatic carbocycles. The molecule has 11 aromatic rings. The van der Waals surface area contributed by atoms with Crippen LogP contribution in [0.3, 0.4) is 0 Å². The van der Waals surface area contributed by atoms with Gasteiger partial charge in [-0.2, -0.15) is 26.3 Å². The first-order valence-corrected chi connectivity index (χ1v) is 45.3. The molecular weight excluding hydrogens is 2490 g/mol. The quantitative estimate of drug-likeness (QED) is 0.0156. The second-order valence-electron chi connectivity index (χ2n) is 37.4. The van der Waals surface area contributed by atoms with E-state index in [0.717, 1.165) is 132 Å². The summed E-state index contributed by atoms with van der Waals surface area (Å²) in [7, 11) is 7.69. The molecule has 1 aliphatic heterocycles. The average Bonchev–Trinajstić information content (AvgIpc) is 1.27. The molecule has 140 heavy (non-hydrogen) atoms. The van der Waals surface area contributed by atoms with E-state index in [4.69, 9.17) is 33.2 Å². The number of fused-ring (bicyclic) bond motifs is 9. The molecule has 0 amide bonds. The molecule has 10 atom stereocenters. The summed E-state index contributed by atoms with van der Waals surface area (Å²) in [4.78, 5) is 111. The number of carbonyl (C=O) groups excluding carboxylic acids is 6. The number of aryl methyl sites for hydroxylation is 9. The van der Waals surface area contributed by atoms with Gasteiger partial charge in [-0.05, 0) is 195 Å². The average molecular weight is 2610 g/mol. The van der Waals surface area contributed by atoms with Crippen LogP contribution in [0, 0.1) is 177 Å². The zero-order chi connectivity index (χ0) is 99.0. The van der Waals surface area contributed by atoms with Gasteiger partial charge in [0.2, 0.25) is 0 Å². The number of imidazole rings is 3. The van der Waals surface area contributed by atoms with Crippen molar-refractivity contribution in [3.8, 4) is 87.2 Å². The van der Waals surface area contributed by atoms with Crippen LogP contribution in [0.2, 0.25) is 0 Å². The summed E-state index contributed by atoms with van der Waals surface area (Å²) in [6, 6.07) is 50.1. The normalized spacial score (nSPS) is 14.8. The number of esters is 6. The maximum atomic E-state index is 14.9. The Balaban J connectivity index is 0.000000426. The number of hydrogen-bond acceptors (Lipinski definition) is 25. The molecule has 0 N–H and O–H groups in total. The minimum atomic E-state index is -1.80. The molecule has 7 heterocycles. The second kappa shape index (κ2) is 52.7. The molecule has 29 nitrogen and oxygen atoms in total. The number of pyridine rings is 1. The molecule has 4 radical (unpaired) electrons. The molecule has 10 unspecified atom stereocenters. The molecule has 0 saturated carbocycles. The van der Waals surface area contributed by atoms with Crippen LogP contribution in [-0.2, 0) is 170 Å². The molecule has 6 aromatic heterocycles. The predicted molar refractivity (Wildman–Crippen MR) is 504 cm³/mol. The fraction of sp³-hybridized carbons (Fsp3) is 0.453. The maximum Gasteiger partial charge on any atom is 0.311 e. The van der Waals surface area contributed by atoms with Gasteiger partial charge in [-0.3, -0.25) is 48.4 Å². The van der Waals surface area contributed by atoms with E-state index in [2.05, 4.69) is 106 Å². The Morgan fingerprint density at radius 1 is 0.521 bits per heavy atom. The standard InChI is InChI=1S/C65H84N7O13.C16H12N5.C13H12FN2.C12H11N2.4Ir/c1-43(33-66)27-47(35-68)31-49(37-70)32-48(36-69)30-46(34-67)21-22-61(6,59(78)85-26-25-84-51-28-44(2)52(45(3)29-51)72-24-23-71-53(72)50-19-17-16-18-20-50)39-63(8,56(75)81-13)41-65(10,58(77)83-15)42-64(9,57(76)82-14)40-62(7,55(74)80-12)38-60(4,5)54(73)79-11;1-10-18-11(2)20-15(19-10)14-9-21-8-7-17-16(21)13-6-4-3-5-12(13)14;1-16-8-10-4-2-3-9-5-6-11(14)7-12(9)13(10)15-16;1-2-6-11-10(4-1)5-3-8-14-9-7-13-12(11)14;;;;/h16-19,23-24,28-29,43,46-49H,21-22,25-27,30-32,38-42H2,1-15H3;3-5,7-9H,1-2H3;5-6,8H,2-4H2,1H3;1-2,4,7,9H,3,5,8H2;;;;/q4*-1;;;;. The Bertz CT molecular complexity index is 6310. The van der Waals surface area contributed by atoms with E-state index < -0.39 is 111 Å². The van der Waals surface area contributed by atoms with Gasteiger partial charge in [0.05, 0.1) is 116 Å². The fourth-order valence-corrected chi connectivity index (χ4v) is 19.7. The second-order valence-corrected chi connectivity index (χ2v) is 37.4. The first kappa shape index (κ1) is 117. The Morgan fingerprint density at radius 2 is 1.04 bits per heavy atom. The molecule has 0 bridgehead atoms. The topological polar surface area (TPSA) is 395 Å². The number of methoxy groups -OCH3 is 5. The van der Waals surface area contributed by atoms with E-state index in [9.17, 15) is 59.5 Å². The Morgan fingerprint density at radius 3 is 1.62 bits per heavy atom. The van der Waals surface area contributed by atoms with E-state index in [1.54, 1.807) is 44.8 Å². The number of ether oxygens (including phenoxy) is 7. The molecule has 2 aliphatic rings. The molecule has 0 spiro atoms. The zero-order valence-electron chi connectivity index (χ0n) is 82.2. The van der Waals surface area contributed by atoms with E-state index in [-0.39, 0.29) is 157 Å². The summed E-state index contributed by atoms with van der Waals surface area (Å²) >= 11 is 0. The van der Waals surface area contributed by atoms with Crippen LogP contribution in [-0.4, -0.2) is 138 Å². The number of aromatic nitrogens is 11. The number of carbonyl (C=O) groups is 6. The Labute approximate surface area is 873 Å². The summed E-state index contributed by atoms with van der Waals surface area (Å²) < 4.78 is 59.9. The van der Waals surface area contributed by atoms with Crippen molar-refractivity contribution in [1.82, 2.24) is 53.2 Å². The number of nitrogens with zero attached hydrogens (tertiary/aromatic N) is 16. The molecule has 0 saturated heterocycles. The summed E-state index contributed by atoms with van der Waals surface area (Å²) in [5.41, 5.74) is 2.08. The van der Waals surface area contributed by atoms with Gasteiger partial charge in [0.25, 0.3) is 0 Å². The van der Waals surface area contributed by atoms with E-state index >= 15 is 0 Å². The summed E-state index contributed by atoms with van der Waals surface area (Å²) in [5, 5.41) is 56.7. The van der Waals surface area contributed by atoms with Gasteiger partial charge in [-0.15, -0.1) is 130 Å². The molecular formula is C106H119FIr4N16O13-4. The van der Waals surface area contributed by atoms with Crippen LogP contribution in [0.5, 0.6) is 5.75 Å². The first-order valence-electron chi connectivity index (χ1n) is 45.3. The fourth-order valence-electron chi connectivity index (χ4n) is 19.7. The summed E-state index contributed by atoms with van der Waals surface area (Å²) in [5.74, 6) is -4.14. The van der Waals surface area contributed by atoms with E-state index in [1.165, 1.54) is 71.1 Å². The maximum absolute atomic E-state index is 14.9. The van der Waals surface area contributed by atoms with Crippen LogP contribution in [0.25, 0.3) is 67.5 Å². The minimum absolute atomic E-state index is 0. The van der Waals surface area contributed by atoms with Gasteiger partial charge >= 0.3 is 35.8 Å². The third kappa shape index (κ3) is 29.3. The van der Waals surface area contributed by atoms with Crippen molar-refractivity contribution < 1.29 is 147 Å². The number of benzene rings is 5. The van der Waals surface area contributed by atoms with Gasteiger partial charge in [0.1, 0.15) is 30.6 Å². The molecule has 5 aromatic carbocycles. The first-order chi connectivity index (χ1) is 64.8. The molecule has 0 fully saturated rings. The molecule has 13 rings (SSSR count). The van der Waals surface area contributed by atoms with Crippen molar-refractivity contribution in [1.29, 1.82) is 26.3 Å². The number of halogens is 1. The number of nitriles is 5. The van der Waals surface area contributed by atoms with Gasteiger partial charge in [0.15, 0.2) is 5.82 Å². The van der Waals surface area contributed by atoms with E-state index in [0.29, 0.717) is 17.4 Å². The van der Waals surface area contributed by atoms with Gasteiger partial charge in [0, 0.05) is 196 Å². The summed E-state index contributed by atoms with van der Waals surface area (Å²) in [6.45, 7) is 20.7. The van der Waals surface area contributed by atoms with Crippen molar-refractivity contribution in [2.45, 2.75) is 192 Å². The van der Waals surface area contributed by atoms with Crippen molar-refractivity contribution in [3.63, 3.8) is 0 Å². The van der Waals surface area contributed by atoms with Crippen LogP contribution in [0.1, 0.15) is 178 Å². The number of hydrogen-bond donors (Lipinski definition) is 0. The van der Waals surface area contributed by atoms with Crippen LogP contribution < -0.4 is 4.74 Å². The van der Waals surface area contributed by atoms with Crippen LogP contribution in [0.15, 0.2) is 135 Å². The zero-order valence-corrected chi connectivity index (χ0v) is 91.8. The molecule has 34 heteroatoms. The number of rotatable bonds is 34. The van der Waals surface area contributed by atoms with Crippen molar-refractivity contribution in [2.75, 3.05) is 48.8 Å². The van der Waals surface area contributed by atoms with Crippen molar-refractivity contribution in [2.24, 2.45) is 69.1 Å². The van der Waals surface area contributed by atoms with Gasteiger partial charge < -0.3 is 46.7 Å². The minimum Gasteiger partial charge on any atom is -0.490 e. The summed E-state index contributed by atoms with van der Waals surface area (Å²) in [6.07, 6.45) is 19.2. The monoisotopic (exact) mass is 2610 g/mol. The SMILES string of the molecule is COC(=O)C(C)(C)CC(C)(CC(C)(CC(C)(CC(C)(CC(C)(CCC(C#N)CC(C#N)CC(C#N)CC(C#N)CC(C)C#N)C(=O)OCCOc1cc(C)c(-n2ccnc2-c2[c-]cccc2)c(C)c1)C(=O)OC)C(=O)OC)C(=O)OC)C(=O)OC.Cc1nc(C)nc(-c2cn3ccnc3c3[c-]cccc23)n1.Cn1cc2c(n1)-c1[c-]c(F)ccc1CCC2.[Ir].[Ir].[Ir].[Ir].[c-]1cccc2c1-c1nccn1CCC2. The smallest absolute Gasteiger partial charge is 0.311 e. The van der Waals surface area contributed by atoms with E-state index in [1.807, 2.05) is 148 Å².